The van der Waals surface area contributed by atoms with Crippen molar-refractivity contribution in [3.8, 4) is 11.5 Å². The van der Waals surface area contributed by atoms with Gasteiger partial charge in [0.25, 0.3) is 5.91 Å². The smallest absolute Gasteiger partial charge is 0.276 e. The zero-order valence-electron chi connectivity index (χ0n) is 13.3. The predicted octanol–water partition coefficient (Wildman–Crippen LogP) is 3.79. The van der Waals surface area contributed by atoms with Crippen molar-refractivity contribution in [1.29, 1.82) is 0 Å². The molecule has 0 saturated carbocycles. The lowest BCUT2D eigenvalue weighted by atomic mass is 10.1. The van der Waals surface area contributed by atoms with E-state index in [0.29, 0.717) is 38.4 Å². The Morgan fingerprint density at radius 1 is 1.12 bits per heavy atom. The van der Waals surface area contributed by atoms with Gasteiger partial charge in [-0.05, 0) is 30.3 Å². The quantitative estimate of drug-likeness (QED) is 0.650. The number of carbonyl (C=O) groups is 1. The Bertz CT molecular complexity index is 910. The Balaban J connectivity index is 1.96. The Morgan fingerprint density at radius 3 is 2.64 bits per heavy atom. The summed E-state index contributed by atoms with van der Waals surface area (Å²) in [6.45, 7) is 0. The van der Waals surface area contributed by atoms with Crippen molar-refractivity contribution in [1.82, 2.24) is 0 Å². The molecule has 0 aromatic heterocycles. The first-order valence-corrected chi connectivity index (χ1v) is 7.93. The molecule has 0 unspecified atom stereocenters. The van der Waals surface area contributed by atoms with Gasteiger partial charge < -0.3 is 14.8 Å². The van der Waals surface area contributed by atoms with E-state index in [4.69, 9.17) is 32.7 Å². The maximum absolute atomic E-state index is 12.1. The third-order valence-electron chi connectivity index (χ3n) is 3.56. The molecule has 0 bridgehead atoms. The maximum Gasteiger partial charge on any atom is 0.276 e. The topological polar surface area (TPSA) is 72.3 Å². The van der Waals surface area contributed by atoms with Crippen LogP contribution in [-0.4, -0.2) is 32.1 Å². The van der Waals surface area contributed by atoms with Crippen LogP contribution >= 0.6 is 23.2 Å². The molecule has 1 aliphatic heterocycles. The van der Waals surface area contributed by atoms with Crippen molar-refractivity contribution in [3.05, 3.63) is 51.5 Å². The van der Waals surface area contributed by atoms with Crippen LogP contribution in [0.5, 0.6) is 11.5 Å². The third kappa shape index (κ3) is 3.45. The number of benzene rings is 2. The van der Waals surface area contributed by atoms with Gasteiger partial charge in [-0.2, -0.15) is 5.10 Å². The maximum atomic E-state index is 12.1. The van der Waals surface area contributed by atoms with Gasteiger partial charge in [-0.15, -0.1) is 5.10 Å². The zero-order valence-corrected chi connectivity index (χ0v) is 14.9. The van der Waals surface area contributed by atoms with E-state index in [1.54, 1.807) is 44.6 Å². The van der Waals surface area contributed by atoms with E-state index in [0.717, 1.165) is 0 Å². The number of amides is 1. The molecule has 3 rings (SSSR count). The SMILES string of the molecule is COc1ccc(OC)c(C=N/N=C2\C(=O)Nc3c(Cl)cc(Cl)cc32)c1. The van der Waals surface area contributed by atoms with E-state index in [9.17, 15) is 4.79 Å². The van der Waals surface area contributed by atoms with Crippen LogP contribution in [0.2, 0.25) is 10.0 Å². The summed E-state index contributed by atoms with van der Waals surface area (Å²) in [6, 6.07) is 8.44. The minimum absolute atomic E-state index is 0.137. The second kappa shape index (κ2) is 7.13. The molecule has 0 saturated heterocycles. The number of hydrogen-bond donors (Lipinski definition) is 1. The van der Waals surface area contributed by atoms with E-state index < -0.39 is 5.91 Å². The van der Waals surface area contributed by atoms with Gasteiger partial charge in [0.15, 0.2) is 5.71 Å². The van der Waals surface area contributed by atoms with E-state index in [-0.39, 0.29) is 5.71 Å². The molecule has 8 heteroatoms. The van der Waals surface area contributed by atoms with Crippen molar-refractivity contribution in [2.75, 3.05) is 19.5 Å². The summed E-state index contributed by atoms with van der Waals surface area (Å²) in [4.78, 5) is 12.1. The largest absolute Gasteiger partial charge is 0.497 e. The molecule has 0 spiro atoms. The lowest BCUT2D eigenvalue weighted by Gasteiger charge is -2.06. The zero-order chi connectivity index (χ0) is 18.0. The van der Waals surface area contributed by atoms with Crippen LogP contribution in [0.25, 0.3) is 0 Å². The molecule has 2 aromatic rings. The number of methoxy groups -OCH3 is 2. The number of fused-ring (bicyclic) bond motifs is 1. The molecule has 0 fully saturated rings. The van der Waals surface area contributed by atoms with Crippen LogP contribution in [0.4, 0.5) is 5.69 Å². The number of nitrogens with one attached hydrogen (secondary N) is 1. The van der Waals surface area contributed by atoms with E-state index in [1.165, 1.54) is 6.21 Å². The summed E-state index contributed by atoms with van der Waals surface area (Å²) in [6.07, 6.45) is 1.48. The third-order valence-corrected chi connectivity index (χ3v) is 4.07. The Labute approximate surface area is 154 Å². The normalized spacial score (nSPS) is 14.7. The molecule has 1 aliphatic rings. The van der Waals surface area contributed by atoms with E-state index in [2.05, 4.69) is 15.5 Å². The predicted molar refractivity (Wildman–Crippen MR) is 98.8 cm³/mol. The highest BCUT2D eigenvalue weighted by Crippen LogP contribution is 2.34. The van der Waals surface area contributed by atoms with Gasteiger partial charge in [0, 0.05) is 16.1 Å². The van der Waals surface area contributed by atoms with Gasteiger partial charge in [0.2, 0.25) is 0 Å². The number of anilines is 1. The summed E-state index contributed by atoms with van der Waals surface area (Å²) in [5.74, 6) is 0.860. The average molecular weight is 378 g/mol. The first-order valence-electron chi connectivity index (χ1n) is 7.17. The van der Waals surface area contributed by atoms with Crippen molar-refractivity contribution < 1.29 is 14.3 Å². The number of rotatable bonds is 4. The van der Waals surface area contributed by atoms with Gasteiger partial charge in [0.1, 0.15) is 11.5 Å². The first kappa shape index (κ1) is 17.3. The average Bonchev–Trinajstić information content (AvgIpc) is 2.91. The summed E-state index contributed by atoms with van der Waals surface area (Å²) in [5, 5.41) is 11.4. The van der Waals surface area contributed by atoms with Crippen LogP contribution in [0.3, 0.4) is 0 Å². The summed E-state index contributed by atoms with van der Waals surface area (Å²) < 4.78 is 10.4. The van der Waals surface area contributed by atoms with Crippen LogP contribution in [0, 0.1) is 0 Å². The number of ether oxygens (including phenoxy) is 2. The highest BCUT2D eigenvalue weighted by Gasteiger charge is 2.28. The lowest BCUT2D eigenvalue weighted by molar-refractivity contribution is -0.110. The standard InChI is InChI=1S/C17H13Cl2N3O3/c1-24-11-3-4-14(25-2)9(5-11)8-20-22-16-12-6-10(18)7-13(19)15(12)21-17(16)23/h3-8H,1-2H3,(H,21,22,23). The molecule has 1 amide bonds. The van der Waals surface area contributed by atoms with Gasteiger partial charge in [-0.25, -0.2) is 0 Å². The minimum atomic E-state index is -0.395. The molecule has 0 atom stereocenters. The van der Waals surface area contributed by atoms with E-state index >= 15 is 0 Å². The van der Waals surface area contributed by atoms with Gasteiger partial charge >= 0.3 is 0 Å². The second-order valence-corrected chi connectivity index (χ2v) is 5.91. The van der Waals surface area contributed by atoms with Crippen molar-refractivity contribution in [3.63, 3.8) is 0 Å². The lowest BCUT2D eigenvalue weighted by Crippen LogP contribution is -2.13. The minimum Gasteiger partial charge on any atom is -0.497 e. The van der Waals surface area contributed by atoms with Crippen LogP contribution in [0.15, 0.2) is 40.5 Å². The number of nitrogens with zero attached hydrogens (tertiary/aromatic N) is 2. The highest BCUT2D eigenvalue weighted by molar-refractivity contribution is 6.56. The fourth-order valence-electron chi connectivity index (χ4n) is 2.37. The second-order valence-electron chi connectivity index (χ2n) is 5.07. The molecule has 0 radical (unpaired) electrons. The molecule has 25 heavy (non-hydrogen) atoms. The van der Waals surface area contributed by atoms with Crippen molar-refractivity contribution in [2.45, 2.75) is 0 Å². The Kier molecular flexibility index (Phi) is 4.92. The molecular weight excluding hydrogens is 365 g/mol. The fourth-order valence-corrected chi connectivity index (χ4v) is 2.91. The molecule has 2 aromatic carbocycles. The molecule has 6 nitrogen and oxygen atoms in total. The van der Waals surface area contributed by atoms with Crippen LogP contribution in [-0.2, 0) is 4.79 Å². The Morgan fingerprint density at radius 2 is 1.92 bits per heavy atom. The summed E-state index contributed by atoms with van der Waals surface area (Å²) in [5.41, 5.74) is 1.78. The van der Waals surface area contributed by atoms with Crippen LogP contribution in [0.1, 0.15) is 11.1 Å². The molecule has 0 aliphatic carbocycles. The molecular formula is C17H13Cl2N3O3. The number of halogens is 2. The van der Waals surface area contributed by atoms with Gasteiger partial charge in [-0.1, -0.05) is 23.2 Å². The summed E-state index contributed by atoms with van der Waals surface area (Å²) in [7, 11) is 3.12. The van der Waals surface area contributed by atoms with Gasteiger partial charge in [0.05, 0.1) is 31.1 Å². The molecule has 1 heterocycles. The molecule has 1 N–H and O–H groups in total. The number of carbonyl (C=O) groups excluding carboxylic acids is 1. The molecule has 128 valence electrons. The number of hydrogen-bond acceptors (Lipinski definition) is 5. The Hall–Kier alpha value is -2.57. The van der Waals surface area contributed by atoms with E-state index in [1.807, 2.05) is 0 Å². The monoisotopic (exact) mass is 377 g/mol. The fraction of sp³-hybridized carbons (Fsp3) is 0.118. The van der Waals surface area contributed by atoms with Crippen LogP contribution < -0.4 is 14.8 Å². The van der Waals surface area contributed by atoms with Crippen molar-refractivity contribution >= 4 is 46.7 Å². The summed E-state index contributed by atoms with van der Waals surface area (Å²) >= 11 is 12.1. The highest BCUT2D eigenvalue weighted by atomic mass is 35.5. The first-order chi connectivity index (χ1) is 12.0. The van der Waals surface area contributed by atoms with Crippen molar-refractivity contribution in [2.24, 2.45) is 10.2 Å². The van der Waals surface area contributed by atoms with Gasteiger partial charge in [-0.3, -0.25) is 4.79 Å².